The second kappa shape index (κ2) is 2.30. The molecule has 0 saturated carbocycles. The van der Waals surface area contributed by atoms with E-state index < -0.39 is 5.60 Å². The van der Waals surface area contributed by atoms with E-state index in [0.717, 1.165) is 0 Å². The van der Waals surface area contributed by atoms with E-state index in [-0.39, 0.29) is 5.41 Å². The molecule has 0 rings (SSSR count). The second-order valence-electron chi connectivity index (χ2n) is 3.77. The van der Waals surface area contributed by atoms with Gasteiger partial charge in [-0.15, -0.1) is 0 Å². The minimum Gasteiger partial charge on any atom is -0.390 e. The van der Waals surface area contributed by atoms with Gasteiger partial charge in [-0.25, -0.2) is 0 Å². The van der Waals surface area contributed by atoms with Crippen LogP contribution in [0.25, 0.3) is 0 Å². The van der Waals surface area contributed by atoms with Gasteiger partial charge in [-0.2, -0.15) is 0 Å². The van der Waals surface area contributed by atoms with Crippen LogP contribution in [0.15, 0.2) is 0 Å². The van der Waals surface area contributed by atoms with Crippen LogP contribution in [0.4, 0.5) is 0 Å². The molecule has 0 aromatic heterocycles. The topological polar surface area (TPSA) is 20.2 Å². The van der Waals surface area contributed by atoms with E-state index in [2.05, 4.69) is 6.92 Å². The molecule has 55 valence electrons. The molecule has 0 spiro atoms. The lowest BCUT2D eigenvalue weighted by Crippen LogP contribution is -2.38. The summed E-state index contributed by atoms with van der Waals surface area (Å²) in [4.78, 5) is 0. The first-order chi connectivity index (χ1) is 3.81. The summed E-state index contributed by atoms with van der Waals surface area (Å²) in [5, 5.41) is 9.60. The maximum Gasteiger partial charge on any atom is 0.0667 e. The predicted octanol–water partition coefficient (Wildman–Crippen LogP) is 2.01. The minimum atomic E-state index is -0.632. The largest absolute Gasteiger partial charge is 0.390 e. The zero-order valence-electron chi connectivity index (χ0n) is 6.86. The van der Waals surface area contributed by atoms with Crippen LogP contribution in [0.2, 0.25) is 0 Å². The summed E-state index contributed by atoms with van der Waals surface area (Å²) in [6, 6.07) is 0. The van der Waals surface area contributed by atoms with E-state index >= 15 is 0 Å². The van der Waals surface area contributed by atoms with Gasteiger partial charge in [-0.1, -0.05) is 27.7 Å². The average Bonchev–Trinajstić information content (AvgIpc) is 1.64. The van der Waals surface area contributed by atoms with Crippen molar-refractivity contribution in [3.63, 3.8) is 0 Å². The van der Waals surface area contributed by atoms with Crippen molar-refractivity contribution >= 4 is 0 Å². The van der Waals surface area contributed by atoms with Crippen LogP contribution in [0.5, 0.6) is 0 Å². The summed E-state index contributed by atoms with van der Waals surface area (Å²) in [5.74, 6) is 0. The van der Waals surface area contributed by atoms with Crippen molar-refractivity contribution in [1.82, 2.24) is 0 Å². The number of aliphatic hydroxyl groups is 1. The number of hydrogen-bond acceptors (Lipinski definition) is 1. The Labute approximate surface area is 58.1 Å². The Morgan fingerprint density at radius 3 is 1.56 bits per heavy atom. The molecule has 0 bridgehead atoms. The summed E-state index contributed by atoms with van der Waals surface area (Å²) in [5.41, 5.74) is -0.693. The predicted molar refractivity (Wildman–Crippen MR) is 40.1 cm³/mol. The maximum atomic E-state index is 9.60. The van der Waals surface area contributed by atoms with Crippen molar-refractivity contribution in [2.75, 3.05) is 0 Å². The van der Waals surface area contributed by atoms with Crippen molar-refractivity contribution in [3.05, 3.63) is 6.92 Å². The molecule has 0 saturated heterocycles. The van der Waals surface area contributed by atoms with Crippen LogP contribution >= 0.6 is 0 Å². The van der Waals surface area contributed by atoms with E-state index in [4.69, 9.17) is 0 Å². The molecule has 1 heteroatoms. The SMILES string of the molecule is [CH2]CC(C)(O)C(C)(C)C. The quantitative estimate of drug-likeness (QED) is 0.574. The third kappa shape index (κ3) is 1.98. The smallest absolute Gasteiger partial charge is 0.0667 e. The molecule has 0 fully saturated rings. The van der Waals surface area contributed by atoms with Gasteiger partial charge < -0.3 is 5.11 Å². The third-order valence-electron chi connectivity index (χ3n) is 2.10. The molecular weight excluding hydrogens is 112 g/mol. The molecule has 1 N–H and O–H groups in total. The van der Waals surface area contributed by atoms with Gasteiger partial charge >= 0.3 is 0 Å². The average molecular weight is 129 g/mol. The highest BCUT2D eigenvalue weighted by atomic mass is 16.3. The molecule has 0 aromatic carbocycles. The summed E-state index contributed by atoms with van der Waals surface area (Å²) >= 11 is 0. The van der Waals surface area contributed by atoms with Crippen molar-refractivity contribution < 1.29 is 5.11 Å². The Hall–Kier alpha value is -0.0400. The van der Waals surface area contributed by atoms with Crippen LogP contribution in [-0.2, 0) is 0 Å². The van der Waals surface area contributed by atoms with Crippen molar-refractivity contribution in [2.24, 2.45) is 5.41 Å². The molecular formula is C8H17O. The fourth-order valence-corrected chi connectivity index (χ4v) is 0.375. The van der Waals surface area contributed by atoms with Gasteiger partial charge in [-0.3, -0.25) is 0 Å². The van der Waals surface area contributed by atoms with E-state index in [1.165, 1.54) is 0 Å². The van der Waals surface area contributed by atoms with Crippen LogP contribution in [0.3, 0.4) is 0 Å². The molecule has 1 nitrogen and oxygen atoms in total. The molecule has 1 atom stereocenters. The van der Waals surface area contributed by atoms with Crippen LogP contribution < -0.4 is 0 Å². The molecule has 9 heavy (non-hydrogen) atoms. The summed E-state index contributed by atoms with van der Waals surface area (Å²) in [7, 11) is 0. The highest BCUT2D eigenvalue weighted by molar-refractivity contribution is 4.86. The fraction of sp³-hybridized carbons (Fsp3) is 0.875. The Balaban J connectivity index is 4.14. The Kier molecular flexibility index (Phi) is 2.29. The van der Waals surface area contributed by atoms with Gasteiger partial charge in [0, 0.05) is 0 Å². The van der Waals surface area contributed by atoms with Crippen molar-refractivity contribution in [3.8, 4) is 0 Å². The van der Waals surface area contributed by atoms with Gasteiger partial charge in [0.05, 0.1) is 5.60 Å². The first-order valence-electron chi connectivity index (χ1n) is 3.33. The number of rotatable bonds is 1. The van der Waals surface area contributed by atoms with Gasteiger partial charge in [-0.05, 0) is 18.8 Å². The lowest BCUT2D eigenvalue weighted by Gasteiger charge is -2.36. The third-order valence-corrected chi connectivity index (χ3v) is 2.10. The molecule has 1 unspecified atom stereocenters. The standard InChI is InChI=1S/C8H17O/c1-6-8(5,9)7(2,3)4/h9H,1,6H2,2-5H3. The molecule has 0 aliphatic rings. The van der Waals surface area contributed by atoms with Gasteiger partial charge in [0.2, 0.25) is 0 Å². The van der Waals surface area contributed by atoms with Crippen molar-refractivity contribution in [1.29, 1.82) is 0 Å². The lowest BCUT2D eigenvalue weighted by molar-refractivity contribution is -0.0389. The molecule has 0 heterocycles. The maximum absolute atomic E-state index is 9.60. The Morgan fingerprint density at radius 1 is 1.22 bits per heavy atom. The fourth-order valence-electron chi connectivity index (χ4n) is 0.375. The van der Waals surface area contributed by atoms with E-state index in [1.807, 2.05) is 27.7 Å². The van der Waals surface area contributed by atoms with Gasteiger partial charge in [0.25, 0.3) is 0 Å². The van der Waals surface area contributed by atoms with Crippen LogP contribution in [-0.4, -0.2) is 10.7 Å². The Bertz CT molecular complexity index is 87.2. The first-order valence-corrected chi connectivity index (χ1v) is 3.33. The molecule has 0 aromatic rings. The van der Waals surface area contributed by atoms with E-state index in [0.29, 0.717) is 6.42 Å². The summed E-state index contributed by atoms with van der Waals surface area (Å²) in [6.07, 6.45) is 0.566. The summed E-state index contributed by atoms with van der Waals surface area (Å²) < 4.78 is 0. The Morgan fingerprint density at radius 2 is 1.56 bits per heavy atom. The highest BCUT2D eigenvalue weighted by Gasteiger charge is 2.32. The zero-order chi connectivity index (χ0) is 7.71. The summed E-state index contributed by atoms with van der Waals surface area (Å²) in [6.45, 7) is 11.5. The number of hydrogen-bond donors (Lipinski definition) is 1. The van der Waals surface area contributed by atoms with Crippen molar-refractivity contribution in [2.45, 2.75) is 39.7 Å². The lowest BCUT2D eigenvalue weighted by atomic mass is 9.76. The molecule has 1 radical (unpaired) electrons. The monoisotopic (exact) mass is 129 g/mol. The molecule has 0 aliphatic carbocycles. The normalized spacial score (nSPS) is 19.3. The first kappa shape index (κ1) is 8.96. The highest BCUT2D eigenvalue weighted by Crippen LogP contribution is 2.31. The van der Waals surface area contributed by atoms with E-state index in [1.54, 1.807) is 0 Å². The van der Waals surface area contributed by atoms with Crippen LogP contribution in [0.1, 0.15) is 34.1 Å². The van der Waals surface area contributed by atoms with E-state index in [9.17, 15) is 5.11 Å². The van der Waals surface area contributed by atoms with Gasteiger partial charge in [0.15, 0.2) is 0 Å². The minimum absolute atomic E-state index is 0.0608. The zero-order valence-corrected chi connectivity index (χ0v) is 6.86. The van der Waals surface area contributed by atoms with Gasteiger partial charge in [0.1, 0.15) is 0 Å². The van der Waals surface area contributed by atoms with Crippen LogP contribution in [0, 0.1) is 12.3 Å². The second-order valence-corrected chi connectivity index (χ2v) is 3.77. The molecule has 0 amide bonds. The molecule has 0 aliphatic heterocycles.